The van der Waals surface area contributed by atoms with Gasteiger partial charge in [0.1, 0.15) is 18.8 Å². The normalized spacial score (nSPS) is 16.3. The summed E-state index contributed by atoms with van der Waals surface area (Å²) in [5, 5.41) is 3.18. The highest BCUT2D eigenvalue weighted by atomic mass is 16.6. The number of carbonyl (C=O) groups excluding carboxylic acids is 1. The van der Waals surface area contributed by atoms with Gasteiger partial charge in [0.25, 0.3) is 0 Å². The Hall–Kier alpha value is -3.55. The highest BCUT2D eigenvalue weighted by Gasteiger charge is 2.32. The van der Waals surface area contributed by atoms with Gasteiger partial charge in [-0.2, -0.15) is 4.98 Å². The molecule has 1 fully saturated rings. The van der Waals surface area contributed by atoms with Gasteiger partial charge in [-0.1, -0.05) is 12.1 Å². The monoisotopic (exact) mass is 362 g/mol. The number of aryl methyl sites for hydroxylation is 1. The van der Waals surface area contributed by atoms with Crippen molar-refractivity contribution in [3.63, 3.8) is 0 Å². The summed E-state index contributed by atoms with van der Waals surface area (Å²) in [6.45, 7) is 4.28. The van der Waals surface area contributed by atoms with Gasteiger partial charge in [0.2, 0.25) is 5.95 Å². The van der Waals surface area contributed by atoms with Gasteiger partial charge in [0, 0.05) is 17.4 Å². The van der Waals surface area contributed by atoms with Crippen LogP contribution in [0.4, 0.5) is 22.2 Å². The Morgan fingerprint density at radius 3 is 2.85 bits per heavy atom. The second kappa shape index (κ2) is 6.99. The Labute approximate surface area is 156 Å². The molecule has 1 amide bonds. The van der Waals surface area contributed by atoms with Crippen LogP contribution in [0.1, 0.15) is 12.5 Å². The number of nitrogens with zero attached hydrogens (tertiary/aromatic N) is 5. The van der Waals surface area contributed by atoms with Gasteiger partial charge < -0.3 is 10.1 Å². The third-order valence-corrected chi connectivity index (χ3v) is 4.18. The predicted molar refractivity (Wildman–Crippen MR) is 101 cm³/mol. The minimum atomic E-state index is -0.399. The number of aromatic nitrogens is 4. The van der Waals surface area contributed by atoms with Crippen molar-refractivity contribution in [2.24, 2.45) is 0 Å². The zero-order valence-electron chi connectivity index (χ0n) is 15.0. The van der Waals surface area contributed by atoms with E-state index >= 15 is 0 Å². The lowest BCUT2D eigenvalue weighted by atomic mass is 10.2. The molecule has 1 aromatic carbocycles. The Balaban J connectivity index is 1.62. The molecule has 8 nitrogen and oxygen atoms in total. The number of amides is 1. The summed E-state index contributed by atoms with van der Waals surface area (Å²) >= 11 is 0. The number of cyclic esters (lactones) is 1. The molecule has 2 aromatic heterocycles. The summed E-state index contributed by atoms with van der Waals surface area (Å²) in [7, 11) is 0. The van der Waals surface area contributed by atoms with E-state index in [-0.39, 0.29) is 6.04 Å². The van der Waals surface area contributed by atoms with Gasteiger partial charge in [-0.3, -0.25) is 4.90 Å². The summed E-state index contributed by atoms with van der Waals surface area (Å²) in [6.07, 6.45) is 2.68. The van der Waals surface area contributed by atoms with Crippen molar-refractivity contribution in [3.05, 3.63) is 54.5 Å². The van der Waals surface area contributed by atoms with Crippen LogP contribution in [0.5, 0.6) is 0 Å². The summed E-state index contributed by atoms with van der Waals surface area (Å²) in [5.74, 6) is 1.44. The van der Waals surface area contributed by atoms with Crippen LogP contribution in [0.15, 0.2) is 48.9 Å². The number of hydrogen-bond donors (Lipinski definition) is 1. The van der Waals surface area contributed by atoms with Crippen LogP contribution in [0.2, 0.25) is 0 Å². The number of carbonyl (C=O) groups is 1. The van der Waals surface area contributed by atoms with Gasteiger partial charge in [0.05, 0.1) is 6.04 Å². The third-order valence-electron chi connectivity index (χ3n) is 4.18. The fraction of sp³-hybridized carbons (Fsp3) is 0.211. The van der Waals surface area contributed by atoms with Crippen molar-refractivity contribution in [3.8, 4) is 11.4 Å². The molecule has 4 rings (SSSR count). The molecule has 27 heavy (non-hydrogen) atoms. The molecule has 3 heterocycles. The lowest BCUT2D eigenvalue weighted by molar-refractivity contribution is 0.179. The lowest BCUT2D eigenvalue weighted by Gasteiger charge is -2.17. The van der Waals surface area contributed by atoms with E-state index in [1.54, 1.807) is 18.3 Å². The number of rotatable bonds is 4. The zero-order valence-corrected chi connectivity index (χ0v) is 15.0. The van der Waals surface area contributed by atoms with E-state index in [1.807, 2.05) is 38.1 Å². The summed E-state index contributed by atoms with van der Waals surface area (Å²) in [6, 6.07) is 11.4. The van der Waals surface area contributed by atoms with Crippen molar-refractivity contribution in [2.45, 2.75) is 19.9 Å². The van der Waals surface area contributed by atoms with Crippen LogP contribution in [0.3, 0.4) is 0 Å². The first-order valence-corrected chi connectivity index (χ1v) is 8.55. The molecule has 0 saturated carbocycles. The zero-order chi connectivity index (χ0) is 18.8. The van der Waals surface area contributed by atoms with E-state index in [0.29, 0.717) is 24.2 Å². The highest BCUT2D eigenvalue weighted by molar-refractivity contribution is 5.89. The van der Waals surface area contributed by atoms with Gasteiger partial charge in [-0.15, -0.1) is 0 Å². The van der Waals surface area contributed by atoms with E-state index in [4.69, 9.17) is 4.74 Å². The molecule has 3 aromatic rings. The number of benzene rings is 1. The largest absolute Gasteiger partial charge is 0.447 e. The molecular weight excluding hydrogens is 344 g/mol. The predicted octanol–water partition coefficient (Wildman–Crippen LogP) is 3.33. The Kier molecular flexibility index (Phi) is 4.37. The van der Waals surface area contributed by atoms with Crippen molar-refractivity contribution in [2.75, 3.05) is 16.8 Å². The molecule has 0 aliphatic carbocycles. The first-order chi connectivity index (χ1) is 13.1. The van der Waals surface area contributed by atoms with E-state index in [1.165, 1.54) is 11.2 Å². The molecule has 0 radical (unpaired) electrons. The Morgan fingerprint density at radius 2 is 2.07 bits per heavy atom. The maximum Gasteiger partial charge on any atom is 0.415 e. The second-order valence-electron chi connectivity index (χ2n) is 6.33. The van der Waals surface area contributed by atoms with Crippen LogP contribution in [0.25, 0.3) is 11.4 Å². The molecule has 1 aliphatic rings. The second-order valence-corrected chi connectivity index (χ2v) is 6.33. The third kappa shape index (κ3) is 3.55. The average molecular weight is 362 g/mol. The topological polar surface area (TPSA) is 93.1 Å². The number of pyridine rings is 1. The van der Waals surface area contributed by atoms with Crippen LogP contribution in [-0.2, 0) is 4.74 Å². The Bertz CT molecular complexity index is 993. The fourth-order valence-electron chi connectivity index (χ4n) is 2.87. The quantitative estimate of drug-likeness (QED) is 0.761. The van der Waals surface area contributed by atoms with Crippen LogP contribution in [0, 0.1) is 6.92 Å². The molecule has 1 N–H and O–H groups in total. The minimum Gasteiger partial charge on any atom is -0.447 e. The van der Waals surface area contributed by atoms with E-state index in [9.17, 15) is 4.79 Å². The Morgan fingerprint density at radius 1 is 1.19 bits per heavy atom. The minimum absolute atomic E-state index is 0.0721. The molecule has 0 spiro atoms. The number of ether oxygens (including phenoxy) is 1. The first kappa shape index (κ1) is 16.9. The van der Waals surface area contributed by atoms with Crippen molar-refractivity contribution < 1.29 is 9.53 Å². The van der Waals surface area contributed by atoms with Crippen molar-refractivity contribution >= 4 is 23.5 Å². The van der Waals surface area contributed by atoms with Gasteiger partial charge >= 0.3 is 6.09 Å². The van der Waals surface area contributed by atoms with Crippen molar-refractivity contribution in [1.82, 2.24) is 19.9 Å². The smallest absolute Gasteiger partial charge is 0.415 e. The standard InChI is InChI=1S/C19H18N6O2/c1-12-4-3-5-15(8-12)23-18-22-11-21-17(24-18)14-6-7-20-16(9-14)25-13(2)10-27-19(25)26/h3-9,11,13H,10H2,1-2H3,(H,21,22,23,24). The van der Waals surface area contributed by atoms with Crippen LogP contribution in [-0.4, -0.2) is 38.7 Å². The lowest BCUT2D eigenvalue weighted by Crippen LogP contribution is -2.31. The fourth-order valence-corrected chi connectivity index (χ4v) is 2.87. The van der Waals surface area contributed by atoms with Crippen LogP contribution >= 0.6 is 0 Å². The average Bonchev–Trinajstić information content (AvgIpc) is 3.00. The molecule has 1 unspecified atom stereocenters. The maximum absolute atomic E-state index is 11.9. The molecule has 1 atom stereocenters. The van der Waals surface area contributed by atoms with E-state index < -0.39 is 6.09 Å². The molecule has 1 saturated heterocycles. The number of nitrogens with one attached hydrogen (secondary N) is 1. The molecular formula is C19H18N6O2. The molecule has 0 bridgehead atoms. The number of anilines is 3. The molecule has 136 valence electrons. The summed E-state index contributed by atoms with van der Waals surface area (Å²) in [4.78, 5) is 30.6. The van der Waals surface area contributed by atoms with Gasteiger partial charge in [-0.25, -0.2) is 19.7 Å². The summed E-state index contributed by atoms with van der Waals surface area (Å²) in [5.41, 5.74) is 2.78. The van der Waals surface area contributed by atoms with Crippen LogP contribution < -0.4 is 10.2 Å². The SMILES string of the molecule is Cc1cccc(Nc2ncnc(-c3ccnc(N4C(=O)OCC4C)c3)n2)c1. The molecule has 8 heteroatoms. The summed E-state index contributed by atoms with van der Waals surface area (Å²) < 4.78 is 5.07. The van der Waals surface area contributed by atoms with Gasteiger partial charge in [-0.05, 0) is 43.7 Å². The maximum atomic E-state index is 11.9. The van der Waals surface area contributed by atoms with Gasteiger partial charge in [0.15, 0.2) is 5.82 Å². The first-order valence-electron chi connectivity index (χ1n) is 8.55. The van der Waals surface area contributed by atoms with Crippen molar-refractivity contribution in [1.29, 1.82) is 0 Å². The highest BCUT2D eigenvalue weighted by Crippen LogP contribution is 2.25. The number of hydrogen-bond acceptors (Lipinski definition) is 7. The van der Waals surface area contributed by atoms with E-state index in [2.05, 4.69) is 25.3 Å². The molecule has 1 aliphatic heterocycles. The van der Waals surface area contributed by atoms with E-state index in [0.717, 1.165) is 16.8 Å².